The first-order valence-corrected chi connectivity index (χ1v) is 20.0. The lowest BCUT2D eigenvalue weighted by Gasteiger charge is -2.24. The fourth-order valence-electron chi connectivity index (χ4n) is 5.23. The number of allylic oxidation sites excluding steroid dienone is 3. The van der Waals surface area contributed by atoms with Gasteiger partial charge in [-0.3, -0.25) is 13.8 Å². The molecule has 1 amide bonds. The molecule has 6 N–H and O–H groups in total. The number of phosphoric acid groups is 1. The Morgan fingerprint density at radius 3 is 1.74 bits per heavy atom. The number of carbonyl (C=O) groups is 1. The number of carbonyl (C=O) groups excluding carboxylic acids is 1. The van der Waals surface area contributed by atoms with Gasteiger partial charge in [0.15, 0.2) is 0 Å². The number of unbranched alkanes of at least 4 members (excludes halogenated alkanes) is 18. The minimum absolute atomic E-state index is 0.0480. The standard InChI is InChI=1S/C36H71N2O7P/c1-3-5-7-9-11-12-13-14-15-16-17-18-19-20-22-23-25-27-33(39)31-36(41)38-34(32-45-46(42,43)44-30-29-37)35(40)28-26-24-21-10-8-6-4-2/h16-17,26,28,33-35,39-40H,3-15,18-25,27,29-32,37H2,1-2H3,(H,38,41)(H,42,43)/b17-16-,28-26+. The second-order valence-corrected chi connectivity index (χ2v) is 14.1. The maximum atomic E-state index is 12.7. The molecule has 272 valence electrons. The first-order valence-electron chi connectivity index (χ1n) is 18.5. The van der Waals surface area contributed by atoms with E-state index in [0.29, 0.717) is 6.42 Å². The first-order chi connectivity index (χ1) is 22.3. The molecule has 0 aliphatic rings. The van der Waals surface area contributed by atoms with Crippen LogP contribution in [-0.2, 0) is 18.4 Å². The summed E-state index contributed by atoms with van der Waals surface area (Å²) in [5, 5.41) is 23.8. The summed E-state index contributed by atoms with van der Waals surface area (Å²) in [4.78, 5) is 22.5. The molecular weight excluding hydrogens is 603 g/mol. The molecule has 0 radical (unpaired) electrons. The highest BCUT2D eigenvalue weighted by Crippen LogP contribution is 2.43. The number of hydrogen-bond donors (Lipinski definition) is 5. The van der Waals surface area contributed by atoms with E-state index in [9.17, 15) is 24.5 Å². The van der Waals surface area contributed by atoms with E-state index in [1.165, 1.54) is 83.5 Å². The molecule has 0 aromatic carbocycles. The van der Waals surface area contributed by atoms with Crippen LogP contribution in [0.15, 0.2) is 24.3 Å². The second-order valence-electron chi connectivity index (χ2n) is 12.6. The van der Waals surface area contributed by atoms with Crippen LogP contribution in [0.3, 0.4) is 0 Å². The smallest absolute Gasteiger partial charge is 0.393 e. The van der Waals surface area contributed by atoms with Gasteiger partial charge in [0.1, 0.15) is 0 Å². The molecule has 0 saturated carbocycles. The molecule has 4 unspecified atom stereocenters. The first kappa shape index (κ1) is 44.9. The van der Waals surface area contributed by atoms with Crippen molar-refractivity contribution >= 4 is 13.7 Å². The highest BCUT2D eigenvalue weighted by atomic mass is 31.2. The molecule has 0 saturated heterocycles. The van der Waals surface area contributed by atoms with E-state index in [1.807, 2.05) is 6.08 Å². The van der Waals surface area contributed by atoms with E-state index in [4.69, 9.17) is 14.8 Å². The number of nitrogens with one attached hydrogen (secondary N) is 1. The van der Waals surface area contributed by atoms with Gasteiger partial charge in [-0.15, -0.1) is 0 Å². The van der Waals surface area contributed by atoms with E-state index < -0.39 is 38.6 Å². The Hall–Kier alpha value is -1.06. The van der Waals surface area contributed by atoms with E-state index in [0.717, 1.165) is 51.4 Å². The number of aliphatic hydroxyl groups is 2. The normalized spacial score (nSPS) is 15.3. The van der Waals surface area contributed by atoms with Crippen molar-refractivity contribution in [2.24, 2.45) is 5.73 Å². The fraction of sp³-hybridized carbons (Fsp3) is 0.861. The SMILES string of the molecule is CCCCCCC/C=C/C(O)C(COP(=O)(O)OCCN)NC(=O)CC(O)CCCCCCC/C=C\CCCCCCCCCC. The molecule has 0 aromatic heterocycles. The Kier molecular flexibility index (Phi) is 31.7. The van der Waals surface area contributed by atoms with Crippen molar-refractivity contribution in [2.75, 3.05) is 19.8 Å². The van der Waals surface area contributed by atoms with E-state index in [2.05, 4.69) is 31.3 Å². The van der Waals surface area contributed by atoms with Crippen molar-refractivity contribution in [1.82, 2.24) is 5.32 Å². The highest BCUT2D eigenvalue weighted by Gasteiger charge is 2.27. The Labute approximate surface area is 281 Å². The van der Waals surface area contributed by atoms with Crippen molar-refractivity contribution in [2.45, 2.75) is 180 Å². The Balaban J connectivity index is 4.28. The molecule has 0 heterocycles. The van der Waals surface area contributed by atoms with Crippen molar-refractivity contribution in [3.63, 3.8) is 0 Å². The van der Waals surface area contributed by atoms with Crippen LogP contribution in [0.1, 0.15) is 162 Å². The molecule has 0 aliphatic heterocycles. The van der Waals surface area contributed by atoms with Gasteiger partial charge in [-0.25, -0.2) is 4.57 Å². The van der Waals surface area contributed by atoms with Crippen LogP contribution in [0.4, 0.5) is 0 Å². The van der Waals surface area contributed by atoms with Crippen LogP contribution in [0.2, 0.25) is 0 Å². The summed E-state index contributed by atoms with van der Waals surface area (Å²) in [6.07, 6.45) is 31.4. The maximum Gasteiger partial charge on any atom is 0.472 e. The zero-order valence-corrected chi connectivity index (χ0v) is 30.3. The average Bonchev–Trinajstić information content (AvgIpc) is 3.03. The monoisotopic (exact) mass is 674 g/mol. The lowest BCUT2D eigenvalue weighted by Crippen LogP contribution is -2.46. The molecule has 0 fully saturated rings. The molecular formula is C36H71N2O7P. The van der Waals surface area contributed by atoms with Gasteiger partial charge in [0.25, 0.3) is 0 Å². The van der Waals surface area contributed by atoms with Crippen LogP contribution in [0, 0.1) is 0 Å². The summed E-state index contributed by atoms with van der Waals surface area (Å²) in [5.74, 6) is -0.456. The largest absolute Gasteiger partial charge is 0.472 e. The van der Waals surface area contributed by atoms with Gasteiger partial charge < -0.3 is 26.2 Å². The van der Waals surface area contributed by atoms with Crippen molar-refractivity contribution < 1.29 is 33.5 Å². The summed E-state index contributed by atoms with van der Waals surface area (Å²) in [7, 11) is -4.38. The molecule has 0 aromatic rings. The van der Waals surface area contributed by atoms with Crippen LogP contribution < -0.4 is 11.1 Å². The quantitative estimate of drug-likeness (QED) is 0.0259. The zero-order valence-electron chi connectivity index (χ0n) is 29.4. The minimum atomic E-state index is -4.38. The number of rotatable bonds is 34. The van der Waals surface area contributed by atoms with Crippen LogP contribution in [0.25, 0.3) is 0 Å². The van der Waals surface area contributed by atoms with Gasteiger partial charge in [-0.2, -0.15) is 0 Å². The summed E-state index contributed by atoms with van der Waals surface area (Å²) >= 11 is 0. The predicted molar refractivity (Wildman–Crippen MR) is 191 cm³/mol. The highest BCUT2D eigenvalue weighted by molar-refractivity contribution is 7.47. The third-order valence-electron chi connectivity index (χ3n) is 8.08. The lowest BCUT2D eigenvalue weighted by atomic mass is 10.0. The molecule has 4 atom stereocenters. The van der Waals surface area contributed by atoms with Crippen LogP contribution in [0.5, 0.6) is 0 Å². The number of aliphatic hydroxyl groups excluding tert-OH is 2. The lowest BCUT2D eigenvalue weighted by molar-refractivity contribution is -0.124. The Morgan fingerprint density at radius 1 is 0.739 bits per heavy atom. The molecule has 0 rings (SSSR count). The van der Waals surface area contributed by atoms with E-state index in [-0.39, 0.29) is 19.6 Å². The van der Waals surface area contributed by atoms with E-state index in [1.54, 1.807) is 6.08 Å². The molecule has 10 heteroatoms. The van der Waals surface area contributed by atoms with Crippen molar-refractivity contribution in [3.05, 3.63) is 24.3 Å². The molecule has 0 bridgehead atoms. The third-order valence-corrected chi connectivity index (χ3v) is 9.06. The van der Waals surface area contributed by atoms with Crippen molar-refractivity contribution in [3.8, 4) is 0 Å². The number of nitrogens with two attached hydrogens (primary N) is 1. The summed E-state index contributed by atoms with van der Waals surface area (Å²) in [6.45, 7) is 3.88. The van der Waals surface area contributed by atoms with Gasteiger partial charge in [0, 0.05) is 6.54 Å². The van der Waals surface area contributed by atoms with Crippen LogP contribution >= 0.6 is 7.82 Å². The maximum absolute atomic E-state index is 12.7. The number of phosphoric ester groups is 1. The molecule has 46 heavy (non-hydrogen) atoms. The average molecular weight is 675 g/mol. The van der Waals surface area contributed by atoms with Gasteiger partial charge >= 0.3 is 7.82 Å². The summed E-state index contributed by atoms with van der Waals surface area (Å²) < 4.78 is 21.9. The predicted octanol–water partition coefficient (Wildman–Crippen LogP) is 8.41. The second kappa shape index (κ2) is 32.5. The minimum Gasteiger partial charge on any atom is -0.393 e. The Morgan fingerprint density at radius 2 is 1.22 bits per heavy atom. The van der Waals surface area contributed by atoms with Gasteiger partial charge in [-0.1, -0.05) is 134 Å². The van der Waals surface area contributed by atoms with Gasteiger partial charge in [0.2, 0.25) is 5.91 Å². The summed E-state index contributed by atoms with van der Waals surface area (Å²) in [5.41, 5.74) is 5.32. The number of amides is 1. The molecule has 0 spiro atoms. The zero-order chi connectivity index (χ0) is 34.1. The molecule has 0 aliphatic carbocycles. The number of hydrogen-bond acceptors (Lipinski definition) is 7. The summed E-state index contributed by atoms with van der Waals surface area (Å²) in [6, 6.07) is -0.979. The van der Waals surface area contributed by atoms with E-state index >= 15 is 0 Å². The third kappa shape index (κ3) is 30.3. The van der Waals surface area contributed by atoms with Gasteiger partial charge in [-0.05, 0) is 44.9 Å². The Bertz CT molecular complexity index is 796. The van der Waals surface area contributed by atoms with Crippen molar-refractivity contribution in [1.29, 1.82) is 0 Å². The molecule has 9 nitrogen and oxygen atoms in total. The topological polar surface area (TPSA) is 151 Å². The van der Waals surface area contributed by atoms with Crippen LogP contribution in [-0.4, -0.2) is 59.0 Å². The fourth-order valence-corrected chi connectivity index (χ4v) is 5.99. The van der Waals surface area contributed by atoms with Gasteiger partial charge in [0.05, 0.1) is 37.9 Å².